The lowest BCUT2D eigenvalue weighted by molar-refractivity contribution is -0.167. The quantitative estimate of drug-likeness (QED) is 0.0263. The first-order valence-electron chi connectivity index (χ1n) is 26.2. The van der Waals surface area contributed by atoms with Crippen LogP contribution in [0.3, 0.4) is 0 Å². The van der Waals surface area contributed by atoms with E-state index < -0.39 is 6.10 Å². The van der Waals surface area contributed by atoms with Gasteiger partial charge in [0.05, 0.1) is 0 Å². The molecule has 0 amide bonds. The molecule has 0 spiro atoms. The van der Waals surface area contributed by atoms with Gasteiger partial charge < -0.3 is 14.2 Å². The third-order valence-electron chi connectivity index (χ3n) is 11.8. The first kappa shape index (κ1) is 57.1. The molecule has 0 aromatic carbocycles. The summed E-state index contributed by atoms with van der Waals surface area (Å²) in [5, 5.41) is 0. The van der Waals surface area contributed by atoms with Crippen molar-refractivity contribution in [3.8, 4) is 0 Å². The maximum atomic E-state index is 12.8. The predicted molar refractivity (Wildman–Crippen MR) is 252 cm³/mol. The Bertz CT molecular complexity index is 916. The molecule has 0 N–H and O–H groups in total. The van der Waals surface area contributed by atoms with Crippen LogP contribution in [0.5, 0.6) is 0 Å². The minimum Gasteiger partial charge on any atom is -0.462 e. The van der Waals surface area contributed by atoms with Gasteiger partial charge in [0.2, 0.25) is 0 Å². The number of unbranched alkanes of at least 4 members (excludes halogenated alkanes) is 35. The van der Waals surface area contributed by atoms with Crippen molar-refractivity contribution in [1.82, 2.24) is 0 Å². The van der Waals surface area contributed by atoms with Crippen LogP contribution >= 0.6 is 0 Å². The molecular formula is C53H100O6. The van der Waals surface area contributed by atoms with Crippen LogP contribution in [0.2, 0.25) is 0 Å². The third kappa shape index (κ3) is 47.1. The van der Waals surface area contributed by atoms with Gasteiger partial charge in [-0.1, -0.05) is 238 Å². The molecule has 0 saturated carbocycles. The zero-order valence-corrected chi connectivity index (χ0v) is 39.8. The minimum absolute atomic E-state index is 0.0658. The van der Waals surface area contributed by atoms with Crippen molar-refractivity contribution in [2.24, 2.45) is 0 Å². The normalized spacial score (nSPS) is 12.0. The Morgan fingerprint density at radius 2 is 0.559 bits per heavy atom. The molecule has 59 heavy (non-hydrogen) atoms. The van der Waals surface area contributed by atoms with Crippen LogP contribution in [0.15, 0.2) is 12.2 Å². The van der Waals surface area contributed by atoms with Crippen LogP contribution in [-0.4, -0.2) is 37.2 Å². The van der Waals surface area contributed by atoms with Crippen LogP contribution in [0.4, 0.5) is 0 Å². The molecule has 0 saturated heterocycles. The average Bonchev–Trinajstić information content (AvgIpc) is 3.23. The van der Waals surface area contributed by atoms with Gasteiger partial charge in [0.1, 0.15) is 13.2 Å². The highest BCUT2D eigenvalue weighted by Gasteiger charge is 2.19. The highest BCUT2D eigenvalue weighted by molar-refractivity contribution is 5.71. The zero-order chi connectivity index (χ0) is 43.0. The molecule has 0 bridgehead atoms. The summed E-state index contributed by atoms with van der Waals surface area (Å²) in [6.45, 7) is 6.65. The molecule has 0 rings (SSSR count). The monoisotopic (exact) mass is 833 g/mol. The lowest BCUT2D eigenvalue weighted by Gasteiger charge is -2.18. The van der Waals surface area contributed by atoms with Crippen molar-refractivity contribution in [2.75, 3.05) is 13.2 Å². The summed E-state index contributed by atoms with van der Waals surface area (Å²) in [4.78, 5) is 37.9. The minimum atomic E-state index is -0.764. The Balaban J connectivity index is 4.32. The molecule has 0 aliphatic heterocycles. The number of hydrogen-bond donors (Lipinski definition) is 0. The largest absolute Gasteiger partial charge is 0.462 e. The first-order chi connectivity index (χ1) is 29.0. The molecule has 348 valence electrons. The third-order valence-corrected chi connectivity index (χ3v) is 11.8. The Hall–Kier alpha value is -1.85. The number of carbonyl (C=O) groups excluding carboxylic acids is 3. The summed E-state index contributed by atoms with van der Waals surface area (Å²) in [6.07, 6.45) is 53.3. The predicted octanol–water partition coefficient (Wildman–Crippen LogP) is 17.0. The first-order valence-corrected chi connectivity index (χ1v) is 26.2. The number of ether oxygens (including phenoxy) is 3. The number of hydrogen-bond acceptors (Lipinski definition) is 6. The summed E-state index contributed by atoms with van der Waals surface area (Å²) >= 11 is 0. The second-order valence-corrected chi connectivity index (χ2v) is 17.8. The van der Waals surface area contributed by atoms with E-state index in [9.17, 15) is 14.4 Å². The highest BCUT2D eigenvalue weighted by Crippen LogP contribution is 2.16. The molecule has 0 fully saturated rings. The zero-order valence-electron chi connectivity index (χ0n) is 39.8. The Morgan fingerprint density at radius 1 is 0.322 bits per heavy atom. The maximum absolute atomic E-state index is 12.8. The van der Waals surface area contributed by atoms with E-state index in [0.717, 1.165) is 57.8 Å². The second kappa shape index (κ2) is 48.8. The van der Waals surface area contributed by atoms with Crippen molar-refractivity contribution in [2.45, 2.75) is 297 Å². The molecule has 0 heterocycles. The van der Waals surface area contributed by atoms with Gasteiger partial charge in [-0.05, 0) is 44.9 Å². The lowest BCUT2D eigenvalue weighted by atomic mass is 10.0. The van der Waals surface area contributed by atoms with E-state index >= 15 is 0 Å². The number of rotatable bonds is 48. The number of esters is 3. The molecule has 0 radical (unpaired) electrons. The standard InChI is InChI=1S/C53H100O6/c1-4-7-10-13-16-19-22-25-26-29-31-34-37-40-43-46-52(55)58-49-50(59-53(56)47-44-41-38-35-32-28-24-21-18-15-12-9-6-3)48-57-51(54)45-42-39-36-33-30-27-23-20-17-14-11-8-5-2/h19,22,50H,4-18,20-21,23-49H2,1-3H3/b22-19-. The molecule has 6 heteroatoms. The highest BCUT2D eigenvalue weighted by atomic mass is 16.6. The molecule has 6 nitrogen and oxygen atoms in total. The van der Waals surface area contributed by atoms with Crippen LogP contribution in [0, 0.1) is 0 Å². The Morgan fingerprint density at radius 3 is 0.864 bits per heavy atom. The second-order valence-electron chi connectivity index (χ2n) is 17.8. The molecule has 0 aromatic rings. The van der Waals surface area contributed by atoms with E-state index in [2.05, 4.69) is 32.9 Å². The van der Waals surface area contributed by atoms with E-state index in [4.69, 9.17) is 14.2 Å². The Kier molecular flexibility index (Phi) is 47.3. The summed E-state index contributed by atoms with van der Waals surface area (Å²) in [6, 6.07) is 0. The molecule has 0 aliphatic rings. The summed E-state index contributed by atoms with van der Waals surface area (Å²) in [5.74, 6) is -0.853. The van der Waals surface area contributed by atoms with Crippen molar-refractivity contribution >= 4 is 17.9 Å². The maximum Gasteiger partial charge on any atom is 0.306 e. The van der Waals surface area contributed by atoms with Crippen molar-refractivity contribution < 1.29 is 28.6 Å². The van der Waals surface area contributed by atoms with Gasteiger partial charge in [0.15, 0.2) is 6.10 Å². The summed E-state index contributed by atoms with van der Waals surface area (Å²) in [7, 11) is 0. The fourth-order valence-corrected chi connectivity index (χ4v) is 7.79. The SMILES string of the molecule is CCCCCC/C=C\CCCCCCCCCC(=O)OCC(COC(=O)CCCCCCCCCCCCCCC)OC(=O)CCCCCCCCCCCCCCC. The van der Waals surface area contributed by atoms with Crippen molar-refractivity contribution in [3.05, 3.63) is 12.2 Å². The van der Waals surface area contributed by atoms with Gasteiger partial charge in [-0.15, -0.1) is 0 Å². The molecule has 0 aromatic heterocycles. The van der Waals surface area contributed by atoms with Gasteiger partial charge in [-0.2, -0.15) is 0 Å². The Labute approximate surface area is 367 Å². The molecule has 1 atom stereocenters. The van der Waals surface area contributed by atoms with Crippen molar-refractivity contribution in [3.63, 3.8) is 0 Å². The van der Waals surface area contributed by atoms with Crippen LogP contribution in [0.1, 0.15) is 290 Å². The lowest BCUT2D eigenvalue weighted by Crippen LogP contribution is -2.30. The van der Waals surface area contributed by atoms with Crippen LogP contribution in [0.25, 0.3) is 0 Å². The van der Waals surface area contributed by atoms with Gasteiger partial charge in [0, 0.05) is 19.3 Å². The molecule has 1 unspecified atom stereocenters. The smallest absolute Gasteiger partial charge is 0.306 e. The van der Waals surface area contributed by atoms with Gasteiger partial charge in [-0.3, -0.25) is 14.4 Å². The van der Waals surface area contributed by atoms with E-state index in [1.54, 1.807) is 0 Å². The fraction of sp³-hybridized carbons (Fsp3) is 0.906. The van der Waals surface area contributed by atoms with Crippen molar-refractivity contribution in [1.29, 1.82) is 0 Å². The fourth-order valence-electron chi connectivity index (χ4n) is 7.79. The summed E-state index contributed by atoms with van der Waals surface area (Å²) < 4.78 is 16.8. The molecule has 0 aliphatic carbocycles. The van der Waals surface area contributed by atoms with E-state index in [1.165, 1.54) is 193 Å². The number of allylic oxidation sites excluding steroid dienone is 2. The average molecular weight is 833 g/mol. The van der Waals surface area contributed by atoms with Gasteiger partial charge >= 0.3 is 17.9 Å². The number of carbonyl (C=O) groups is 3. The van der Waals surface area contributed by atoms with E-state index in [-0.39, 0.29) is 31.1 Å². The van der Waals surface area contributed by atoms with E-state index in [0.29, 0.717) is 19.3 Å². The summed E-state index contributed by atoms with van der Waals surface area (Å²) in [5.41, 5.74) is 0. The van der Waals surface area contributed by atoms with Crippen LogP contribution in [-0.2, 0) is 28.6 Å². The van der Waals surface area contributed by atoms with Crippen LogP contribution < -0.4 is 0 Å². The topological polar surface area (TPSA) is 78.9 Å². The van der Waals surface area contributed by atoms with E-state index in [1.807, 2.05) is 0 Å². The molecular weight excluding hydrogens is 733 g/mol. The van der Waals surface area contributed by atoms with Gasteiger partial charge in [0.25, 0.3) is 0 Å². The van der Waals surface area contributed by atoms with Gasteiger partial charge in [-0.25, -0.2) is 0 Å².